The summed E-state index contributed by atoms with van der Waals surface area (Å²) in [6.45, 7) is 1.88. The number of nitrogens with one attached hydrogen (secondary N) is 2. The van der Waals surface area contributed by atoms with Gasteiger partial charge < -0.3 is 10.6 Å². The third-order valence-corrected chi connectivity index (χ3v) is 2.71. The van der Waals surface area contributed by atoms with Crippen LogP contribution in [0.25, 0.3) is 0 Å². The van der Waals surface area contributed by atoms with Gasteiger partial charge in [0.1, 0.15) is 0 Å². The fourth-order valence-electron chi connectivity index (χ4n) is 1.88. The fourth-order valence-corrected chi connectivity index (χ4v) is 1.88. The lowest BCUT2D eigenvalue weighted by Gasteiger charge is -2.11. The number of hydrogen-bond acceptors (Lipinski definition) is 3. The van der Waals surface area contributed by atoms with Crippen LogP contribution in [0.4, 0.5) is 10.2 Å². The standard InChI is InChI=1S/C11H16FN3/c12-10-4-2-7-14-11(10)15-8-5-9-3-1-6-13-9/h2,4,7,9,13H,1,3,5-6,8H2,(H,14,15). The Morgan fingerprint density at radius 3 is 3.27 bits per heavy atom. The van der Waals surface area contributed by atoms with Gasteiger partial charge >= 0.3 is 0 Å². The molecular formula is C11H16FN3. The molecule has 82 valence electrons. The van der Waals surface area contributed by atoms with E-state index >= 15 is 0 Å². The van der Waals surface area contributed by atoms with Crippen molar-refractivity contribution in [2.45, 2.75) is 25.3 Å². The summed E-state index contributed by atoms with van der Waals surface area (Å²) in [5, 5.41) is 6.42. The van der Waals surface area contributed by atoms with E-state index in [4.69, 9.17) is 0 Å². The predicted octanol–water partition coefficient (Wildman–Crippen LogP) is 1.77. The van der Waals surface area contributed by atoms with Crippen molar-refractivity contribution in [1.29, 1.82) is 0 Å². The first-order valence-electron chi connectivity index (χ1n) is 5.44. The second kappa shape index (κ2) is 5.07. The summed E-state index contributed by atoms with van der Waals surface area (Å²) >= 11 is 0. The molecule has 0 aromatic carbocycles. The summed E-state index contributed by atoms with van der Waals surface area (Å²) in [6.07, 6.45) is 5.10. The van der Waals surface area contributed by atoms with Gasteiger partial charge in [0.25, 0.3) is 0 Å². The van der Waals surface area contributed by atoms with E-state index in [-0.39, 0.29) is 5.82 Å². The zero-order valence-corrected chi connectivity index (χ0v) is 8.67. The molecule has 0 bridgehead atoms. The molecule has 2 N–H and O–H groups in total. The lowest BCUT2D eigenvalue weighted by atomic mass is 10.1. The molecule has 15 heavy (non-hydrogen) atoms. The molecule has 2 heterocycles. The molecule has 0 spiro atoms. The lowest BCUT2D eigenvalue weighted by molar-refractivity contribution is 0.570. The molecule has 1 fully saturated rings. The van der Waals surface area contributed by atoms with Crippen LogP contribution in [0.5, 0.6) is 0 Å². The third kappa shape index (κ3) is 2.89. The van der Waals surface area contributed by atoms with Crippen molar-refractivity contribution >= 4 is 5.82 Å². The van der Waals surface area contributed by atoms with E-state index in [2.05, 4.69) is 15.6 Å². The summed E-state index contributed by atoms with van der Waals surface area (Å²) in [7, 11) is 0. The summed E-state index contributed by atoms with van der Waals surface area (Å²) < 4.78 is 13.1. The minimum atomic E-state index is -0.281. The number of anilines is 1. The van der Waals surface area contributed by atoms with Crippen molar-refractivity contribution in [1.82, 2.24) is 10.3 Å². The van der Waals surface area contributed by atoms with E-state index in [1.54, 1.807) is 12.3 Å². The minimum absolute atomic E-state index is 0.281. The van der Waals surface area contributed by atoms with Gasteiger partial charge in [0, 0.05) is 18.8 Å². The first-order valence-corrected chi connectivity index (χ1v) is 5.44. The third-order valence-electron chi connectivity index (χ3n) is 2.71. The zero-order valence-electron chi connectivity index (χ0n) is 8.67. The smallest absolute Gasteiger partial charge is 0.165 e. The molecule has 1 atom stereocenters. The Balaban J connectivity index is 1.75. The van der Waals surface area contributed by atoms with E-state index in [1.165, 1.54) is 18.9 Å². The first-order chi connectivity index (χ1) is 7.36. The van der Waals surface area contributed by atoms with Crippen molar-refractivity contribution < 1.29 is 4.39 Å². The molecule has 0 amide bonds. The molecule has 1 aromatic heterocycles. The number of hydrogen-bond donors (Lipinski definition) is 2. The molecule has 1 aromatic rings. The maximum atomic E-state index is 13.1. The van der Waals surface area contributed by atoms with Crippen molar-refractivity contribution in [3.8, 4) is 0 Å². The van der Waals surface area contributed by atoms with Gasteiger partial charge in [-0.2, -0.15) is 0 Å². The highest BCUT2D eigenvalue weighted by Gasteiger charge is 2.13. The van der Waals surface area contributed by atoms with Gasteiger partial charge in [0.15, 0.2) is 11.6 Å². The number of rotatable bonds is 4. The Hall–Kier alpha value is -1.16. The number of aromatic nitrogens is 1. The number of nitrogens with zero attached hydrogens (tertiary/aromatic N) is 1. The summed E-state index contributed by atoms with van der Waals surface area (Å²) in [5.74, 6) is 0.0763. The van der Waals surface area contributed by atoms with Gasteiger partial charge in [0.05, 0.1) is 0 Å². The topological polar surface area (TPSA) is 37.0 Å². The maximum Gasteiger partial charge on any atom is 0.165 e. The van der Waals surface area contributed by atoms with Crippen molar-refractivity contribution in [3.05, 3.63) is 24.1 Å². The first kappa shape index (κ1) is 10.4. The van der Waals surface area contributed by atoms with Crippen molar-refractivity contribution in [2.75, 3.05) is 18.4 Å². The quantitative estimate of drug-likeness (QED) is 0.793. The molecule has 2 rings (SSSR count). The Labute approximate surface area is 89.1 Å². The van der Waals surface area contributed by atoms with Crippen LogP contribution in [0.15, 0.2) is 18.3 Å². The average Bonchev–Trinajstić information content (AvgIpc) is 2.74. The van der Waals surface area contributed by atoms with Gasteiger partial charge in [-0.25, -0.2) is 9.37 Å². The van der Waals surface area contributed by atoms with E-state index in [9.17, 15) is 4.39 Å². The van der Waals surface area contributed by atoms with E-state index in [0.29, 0.717) is 11.9 Å². The van der Waals surface area contributed by atoms with Crippen molar-refractivity contribution in [2.24, 2.45) is 0 Å². The highest BCUT2D eigenvalue weighted by Crippen LogP contribution is 2.11. The average molecular weight is 209 g/mol. The van der Waals surface area contributed by atoms with Crippen LogP contribution in [0.2, 0.25) is 0 Å². The second-order valence-electron chi connectivity index (χ2n) is 3.84. The molecule has 4 heteroatoms. The van der Waals surface area contributed by atoms with Gasteiger partial charge in [-0.3, -0.25) is 0 Å². The molecule has 1 saturated heterocycles. The Kier molecular flexibility index (Phi) is 3.50. The molecular weight excluding hydrogens is 193 g/mol. The van der Waals surface area contributed by atoms with Gasteiger partial charge in [0.2, 0.25) is 0 Å². The van der Waals surface area contributed by atoms with Crippen LogP contribution in [0.3, 0.4) is 0 Å². The molecule has 0 radical (unpaired) electrons. The summed E-state index contributed by atoms with van der Waals surface area (Å²) in [5.41, 5.74) is 0. The monoisotopic (exact) mass is 209 g/mol. The van der Waals surface area contributed by atoms with Crippen LogP contribution in [-0.4, -0.2) is 24.1 Å². The highest BCUT2D eigenvalue weighted by atomic mass is 19.1. The van der Waals surface area contributed by atoms with Gasteiger partial charge in [-0.15, -0.1) is 0 Å². The molecule has 1 aliphatic heterocycles. The van der Waals surface area contributed by atoms with Crippen LogP contribution < -0.4 is 10.6 Å². The lowest BCUT2D eigenvalue weighted by Crippen LogP contribution is -2.24. The van der Waals surface area contributed by atoms with Gasteiger partial charge in [-0.05, 0) is 37.9 Å². The van der Waals surface area contributed by atoms with Crippen LogP contribution in [0, 0.1) is 5.82 Å². The zero-order chi connectivity index (χ0) is 10.5. The number of halogens is 1. The summed E-state index contributed by atoms with van der Waals surface area (Å²) in [4.78, 5) is 3.94. The Bertz CT molecular complexity index is 310. The van der Waals surface area contributed by atoms with E-state index < -0.39 is 0 Å². The molecule has 3 nitrogen and oxygen atoms in total. The minimum Gasteiger partial charge on any atom is -0.368 e. The van der Waals surface area contributed by atoms with Crippen LogP contribution in [-0.2, 0) is 0 Å². The molecule has 1 unspecified atom stereocenters. The predicted molar refractivity (Wildman–Crippen MR) is 58.3 cm³/mol. The molecule has 1 aliphatic rings. The largest absolute Gasteiger partial charge is 0.368 e. The highest BCUT2D eigenvalue weighted by molar-refractivity contribution is 5.35. The fraction of sp³-hybridized carbons (Fsp3) is 0.545. The SMILES string of the molecule is Fc1cccnc1NCCC1CCCN1. The normalized spacial score (nSPS) is 20.5. The van der Waals surface area contributed by atoms with E-state index in [0.717, 1.165) is 19.5 Å². The van der Waals surface area contributed by atoms with Crippen LogP contribution in [0.1, 0.15) is 19.3 Å². The van der Waals surface area contributed by atoms with Crippen LogP contribution >= 0.6 is 0 Å². The van der Waals surface area contributed by atoms with E-state index in [1.807, 2.05) is 0 Å². The maximum absolute atomic E-state index is 13.1. The number of pyridine rings is 1. The molecule has 0 saturated carbocycles. The Morgan fingerprint density at radius 2 is 2.53 bits per heavy atom. The Morgan fingerprint density at radius 1 is 1.60 bits per heavy atom. The van der Waals surface area contributed by atoms with Gasteiger partial charge in [-0.1, -0.05) is 0 Å². The summed E-state index contributed by atoms with van der Waals surface area (Å²) in [6, 6.07) is 3.60. The van der Waals surface area contributed by atoms with Crippen molar-refractivity contribution in [3.63, 3.8) is 0 Å². The molecule has 0 aliphatic carbocycles. The second-order valence-corrected chi connectivity index (χ2v) is 3.84.